The Labute approximate surface area is 130 Å². The lowest BCUT2D eigenvalue weighted by Crippen LogP contribution is -2.23. The number of carbonyl (C=O) groups excluding carboxylic acids is 1. The van der Waals surface area contributed by atoms with Crippen LogP contribution in [-0.4, -0.2) is 25.9 Å². The molecule has 1 aromatic heterocycles. The number of aromatic nitrogens is 3. The van der Waals surface area contributed by atoms with E-state index in [1.165, 1.54) is 17.8 Å². The summed E-state index contributed by atoms with van der Waals surface area (Å²) in [5.41, 5.74) is 0.198. The predicted octanol–water partition coefficient (Wildman–Crippen LogP) is 2.86. The van der Waals surface area contributed by atoms with Crippen LogP contribution in [0.3, 0.4) is 0 Å². The molecule has 22 heavy (non-hydrogen) atoms. The molecule has 0 unspecified atom stereocenters. The minimum absolute atomic E-state index is 0.198. The van der Waals surface area contributed by atoms with Gasteiger partial charge in [0.05, 0.1) is 5.25 Å². The molecule has 0 radical (unpaired) electrons. The van der Waals surface area contributed by atoms with Crippen molar-refractivity contribution >= 4 is 23.4 Å². The van der Waals surface area contributed by atoms with Gasteiger partial charge in [-0.1, -0.05) is 17.8 Å². The highest BCUT2D eigenvalue weighted by atomic mass is 32.2. The van der Waals surface area contributed by atoms with Gasteiger partial charge in [-0.05, 0) is 19.1 Å². The van der Waals surface area contributed by atoms with Gasteiger partial charge in [-0.15, -0.1) is 16.8 Å². The summed E-state index contributed by atoms with van der Waals surface area (Å²) in [7, 11) is 0. The highest BCUT2D eigenvalue weighted by Crippen LogP contribution is 2.22. The van der Waals surface area contributed by atoms with Gasteiger partial charge in [-0.25, -0.2) is 8.78 Å². The second-order valence-corrected chi connectivity index (χ2v) is 5.74. The van der Waals surface area contributed by atoms with E-state index in [2.05, 4.69) is 22.1 Å². The molecule has 1 heterocycles. The largest absolute Gasteiger partial charge is 0.325 e. The standard InChI is InChI=1S/C14H14F2N4OS/c1-3-6-20-8-17-19-14(20)22-9(2)13(21)18-10-4-5-11(15)12(16)7-10/h3-5,7-9H,1,6H2,2H3,(H,18,21)/t9-/m0/s1. The third-order valence-corrected chi connectivity index (χ3v) is 3.84. The number of hydrogen-bond donors (Lipinski definition) is 1. The summed E-state index contributed by atoms with van der Waals surface area (Å²) in [6.45, 7) is 5.85. The first-order valence-electron chi connectivity index (χ1n) is 6.42. The highest BCUT2D eigenvalue weighted by molar-refractivity contribution is 8.00. The Bertz CT molecular complexity index is 689. The molecular weight excluding hydrogens is 310 g/mol. The van der Waals surface area contributed by atoms with Crippen LogP contribution < -0.4 is 5.32 Å². The quantitative estimate of drug-likeness (QED) is 0.656. The van der Waals surface area contributed by atoms with Crippen LogP contribution in [-0.2, 0) is 11.3 Å². The van der Waals surface area contributed by atoms with E-state index >= 15 is 0 Å². The number of carbonyl (C=O) groups is 1. The number of nitrogens with one attached hydrogen (secondary N) is 1. The van der Waals surface area contributed by atoms with Gasteiger partial charge < -0.3 is 9.88 Å². The van der Waals surface area contributed by atoms with Gasteiger partial charge in [0.25, 0.3) is 0 Å². The van der Waals surface area contributed by atoms with Gasteiger partial charge in [0, 0.05) is 18.3 Å². The van der Waals surface area contributed by atoms with E-state index in [1.807, 2.05) is 0 Å². The Hall–Kier alpha value is -2.22. The molecule has 0 saturated carbocycles. The molecule has 1 atom stereocenters. The van der Waals surface area contributed by atoms with Crippen LogP contribution in [0.5, 0.6) is 0 Å². The molecule has 1 N–H and O–H groups in total. The summed E-state index contributed by atoms with van der Waals surface area (Å²) in [5, 5.41) is 10.3. The van der Waals surface area contributed by atoms with E-state index in [1.54, 1.807) is 23.9 Å². The van der Waals surface area contributed by atoms with Gasteiger partial charge in [-0.2, -0.15) is 0 Å². The lowest BCUT2D eigenvalue weighted by Gasteiger charge is -2.12. The van der Waals surface area contributed by atoms with Crippen molar-refractivity contribution in [2.75, 3.05) is 5.32 Å². The maximum absolute atomic E-state index is 13.1. The van der Waals surface area contributed by atoms with Crippen LogP contribution in [0.1, 0.15) is 6.92 Å². The van der Waals surface area contributed by atoms with Crippen molar-refractivity contribution in [3.05, 3.63) is 48.8 Å². The Morgan fingerprint density at radius 1 is 1.50 bits per heavy atom. The van der Waals surface area contributed by atoms with Crippen LogP contribution in [0, 0.1) is 11.6 Å². The van der Waals surface area contributed by atoms with Gasteiger partial charge in [0.2, 0.25) is 5.91 Å². The lowest BCUT2D eigenvalue weighted by molar-refractivity contribution is -0.115. The van der Waals surface area contributed by atoms with Gasteiger partial charge in [-0.3, -0.25) is 4.79 Å². The minimum atomic E-state index is -1.01. The molecule has 0 aliphatic heterocycles. The van der Waals surface area contributed by atoms with Crippen LogP contribution in [0.2, 0.25) is 0 Å². The fraction of sp³-hybridized carbons (Fsp3) is 0.214. The number of hydrogen-bond acceptors (Lipinski definition) is 4. The Morgan fingerprint density at radius 2 is 2.27 bits per heavy atom. The summed E-state index contributed by atoms with van der Waals surface area (Å²) in [6.07, 6.45) is 3.24. The molecule has 2 rings (SSSR count). The molecular formula is C14H14F2N4OS. The minimum Gasteiger partial charge on any atom is -0.325 e. The fourth-order valence-electron chi connectivity index (χ4n) is 1.63. The third kappa shape index (κ3) is 3.91. The molecule has 116 valence electrons. The lowest BCUT2D eigenvalue weighted by atomic mass is 10.3. The first kappa shape index (κ1) is 16.2. The van der Waals surface area contributed by atoms with E-state index in [-0.39, 0.29) is 11.6 Å². The van der Waals surface area contributed by atoms with Gasteiger partial charge in [0.1, 0.15) is 6.33 Å². The maximum atomic E-state index is 13.1. The third-order valence-electron chi connectivity index (χ3n) is 2.74. The maximum Gasteiger partial charge on any atom is 0.237 e. The van der Waals surface area contributed by atoms with Crippen LogP contribution in [0.15, 0.2) is 42.3 Å². The first-order valence-corrected chi connectivity index (χ1v) is 7.30. The number of allylic oxidation sites excluding steroid dienone is 1. The topological polar surface area (TPSA) is 59.8 Å². The van der Waals surface area contributed by atoms with Crippen molar-refractivity contribution in [1.29, 1.82) is 0 Å². The number of anilines is 1. The predicted molar refractivity (Wildman–Crippen MR) is 80.5 cm³/mol. The van der Waals surface area contributed by atoms with E-state index in [4.69, 9.17) is 0 Å². The van der Waals surface area contributed by atoms with Crippen molar-refractivity contribution in [3.63, 3.8) is 0 Å². The second kappa shape index (κ2) is 7.17. The average Bonchev–Trinajstić information content (AvgIpc) is 2.90. The summed E-state index contributed by atoms with van der Waals surface area (Å²) in [6, 6.07) is 3.20. The number of thioether (sulfide) groups is 1. The van der Waals surface area contributed by atoms with Crippen LogP contribution in [0.4, 0.5) is 14.5 Å². The molecule has 0 aliphatic rings. The molecule has 0 saturated heterocycles. The molecule has 2 aromatic rings. The fourth-order valence-corrected chi connectivity index (χ4v) is 2.46. The van der Waals surface area contributed by atoms with Crippen LogP contribution >= 0.6 is 11.8 Å². The molecule has 1 aromatic carbocycles. The average molecular weight is 324 g/mol. The van der Waals surface area contributed by atoms with Crippen molar-refractivity contribution in [2.24, 2.45) is 0 Å². The summed E-state index contributed by atoms with van der Waals surface area (Å²) >= 11 is 1.21. The number of rotatable bonds is 6. The Kier molecular flexibility index (Phi) is 5.26. The zero-order valence-electron chi connectivity index (χ0n) is 11.8. The number of benzene rings is 1. The first-order chi connectivity index (χ1) is 10.5. The van der Waals surface area contributed by atoms with E-state index < -0.39 is 16.9 Å². The van der Waals surface area contributed by atoms with E-state index in [0.717, 1.165) is 12.1 Å². The second-order valence-electron chi connectivity index (χ2n) is 4.43. The number of amides is 1. The zero-order valence-corrected chi connectivity index (χ0v) is 12.6. The van der Waals surface area contributed by atoms with E-state index in [0.29, 0.717) is 11.7 Å². The van der Waals surface area contributed by atoms with Gasteiger partial charge >= 0.3 is 0 Å². The highest BCUT2D eigenvalue weighted by Gasteiger charge is 2.18. The van der Waals surface area contributed by atoms with Crippen molar-refractivity contribution < 1.29 is 13.6 Å². The molecule has 0 bridgehead atoms. The number of nitrogens with zero attached hydrogens (tertiary/aromatic N) is 3. The summed E-state index contributed by atoms with van der Waals surface area (Å²) < 4.78 is 27.7. The van der Waals surface area contributed by atoms with E-state index in [9.17, 15) is 13.6 Å². The van der Waals surface area contributed by atoms with Crippen LogP contribution in [0.25, 0.3) is 0 Å². The van der Waals surface area contributed by atoms with Crippen molar-refractivity contribution in [2.45, 2.75) is 23.9 Å². The zero-order chi connectivity index (χ0) is 16.1. The SMILES string of the molecule is C=CCn1cnnc1S[C@@H](C)C(=O)Nc1ccc(F)c(F)c1. The van der Waals surface area contributed by atoms with Crippen molar-refractivity contribution in [1.82, 2.24) is 14.8 Å². The molecule has 0 fully saturated rings. The Morgan fingerprint density at radius 3 is 2.95 bits per heavy atom. The molecule has 8 heteroatoms. The van der Waals surface area contributed by atoms with Gasteiger partial charge in [0.15, 0.2) is 16.8 Å². The van der Waals surface area contributed by atoms with Crippen molar-refractivity contribution in [3.8, 4) is 0 Å². The number of halogens is 2. The molecule has 1 amide bonds. The molecule has 0 spiro atoms. The summed E-state index contributed by atoms with van der Waals surface area (Å²) in [5.74, 6) is -2.31. The monoisotopic (exact) mass is 324 g/mol. The smallest absolute Gasteiger partial charge is 0.237 e. The molecule has 5 nitrogen and oxygen atoms in total. The summed E-state index contributed by atoms with van der Waals surface area (Å²) in [4.78, 5) is 12.1. The Balaban J connectivity index is 2.01. The molecule has 0 aliphatic carbocycles. The normalized spacial score (nSPS) is 12.0.